The molecule has 0 saturated carbocycles. The minimum Gasteiger partial charge on any atom is -0.348 e. The van der Waals surface area contributed by atoms with Crippen LogP contribution in [0.15, 0.2) is 29.2 Å². The molecule has 1 N–H and O–H groups in total. The summed E-state index contributed by atoms with van der Waals surface area (Å²) in [5.74, 6) is -0.279. The molecule has 1 amide bonds. The first-order valence-electron chi connectivity index (χ1n) is 5.71. The standard InChI is InChI=1S/C12H14ClNO3S/c13-8-12(15)14-10-5-3-7-18(16,17)11-6-2-1-4-9(10)11/h1-2,4,6,10H,3,5,7-8H2,(H,14,15). The molecule has 18 heavy (non-hydrogen) atoms. The zero-order chi connectivity index (χ0) is 13.2. The number of nitrogens with one attached hydrogen (secondary N) is 1. The van der Waals surface area contributed by atoms with Crippen molar-refractivity contribution in [3.05, 3.63) is 29.8 Å². The quantitative estimate of drug-likeness (QED) is 0.841. The first-order chi connectivity index (χ1) is 8.54. The van der Waals surface area contributed by atoms with Crippen molar-refractivity contribution in [1.82, 2.24) is 5.32 Å². The van der Waals surface area contributed by atoms with E-state index in [4.69, 9.17) is 11.6 Å². The van der Waals surface area contributed by atoms with Gasteiger partial charge in [-0.15, -0.1) is 11.6 Å². The summed E-state index contributed by atoms with van der Waals surface area (Å²) in [6, 6.07) is 6.54. The van der Waals surface area contributed by atoms with E-state index in [2.05, 4.69) is 5.32 Å². The van der Waals surface area contributed by atoms with E-state index in [0.717, 1.165) is 0 Å². The van der Waals surface area contributed by atoms with Gasteiger partial charge in [-0.05, 0) is 24.5 Å². The molecular weight excluding hydrogens is 274 g/mol. The van der Waals surface area contributed by atoms with E-state index in [1.165, 1.54) is 0 Å². The van der Waals surface area contributed by atoms with E-state index in [1.54, 1.807) is 24.3 Å². The second-order valence-corrected chi connectivity index (χ2v) is 6.60. The van der Waals surface area contributed by atoms with Gasteiger partial charge in [-0.3, -0.25) is 4.79 Å². The van der Waals surface area contributed by atoms with Gasteiger partial charge in [-0.1, -0.05) is 18.2 Å². The van der Waals surface area contributed by atoms with Crippen LogP contribution in [0.2, 0.25) is 0 Å². The number of amides is 1. The molecule has 1 aromatic rings. The lowest BCUT2D eigenvalue weighted by Crippen LogP contribution is -2.29. The SMILES string of the molecule is O=C(CCl)NC1CCCS(=O)(=O)c2ccccc21. The molecule has 0 aliphatic carbocycles. The summed E-state index contributed by atoms with van der Waals surface area (Å²) in [6.07, 6.45) is 1.14. The summed E-state index contributed by atoms with van der Waals surface area (Å²) in [4.78, 5) is 11.7. The number of halogens is 1. The second kappa shape index (κ2) is 5.28. The molecule has 0 radical (unpaired) electrons. The Bertz CT molecular complexity index is 556. The molecule has 1 aliphatic rings. The lowest BCUT2D eigenvalue weighted by molar-refractivity contribution is -0.119. The van der Waals surface area contributed by atoms with Gasteiger partial charge in [-0.2, -0.15) is 0 Å². The van der Waals surface area contributed by atoms with Gasteiger partial charge in [0.1, 0.15) is 5.88 Å². The molecule has 1 heterocycles. The Balaban J connectivity index is 2.43. The molecule has 0 bridgehead atoms. The van der Waals surface area contributed by atoms with E-state index in [9.17, 15) is 13.2 Å². The largest absolute Gasteiger partial charge is 0.348 e. The van der Waals surface area contributed by atoms with Crippen LogP contribution in [0.1, 0.15) is 24.4 Å². The van der Waals surface area contributed by atoms with Crippen LogP contribution in [0.4, 0.5) is 0 Å². The fourth-order valence-corrected chi connectivity index (χ4v) is 3.88. The highest BCUT2D eigenvalue weighted by Crippen LogP contribution is 2.30. The van der Waals surface area contributed by atoms with Gasteiger partial charge in [0.25, 0.3) is 0 Å². The molecule has 4 nitrogen and oxygen atoms in total. The van der Waals surface area contributed by atoms with Crippen LogP contribution in [-0.4, -0.2) is 26.0 Å². The maximum Gasteiger partial charge on any atom is 0.235 e. The van der Waals surface area contributed by atoms with E-state index < -0.39 is 9.84 Å². The van der Waals surface area contributed by atoms with Crippen LogP contribution >= 0.6 is 11.6 Å². The molecule has 0 fully saturated rings. The number of carbonyl (C=O) groups excluding carboxylic acids is 1. The fraction of sp³-hybridized carbons (Fsp3) is 0.417. The van der Waals surface area contributed by atoms with Crippen molar-refractivity contribution in [2.75, 3.05) is 11.6 Å². The Morgan fingerprint density at radius 1 is 1.39 bits per heavy atom. The Morgan fingerprint density at radius 3 is 2.83 bits per heavy atom. The number of hydrogen-bond donors (Lipinski definition) is 1. The van der Waals surface area contributed by atoms with Crippen molar-refractivity contribution < 1.29 is 13.2 Å². The Hall–Kier alpha value is -1.07. The molecule has 1 aromatic carbocycles. The van der Waals surface area contributed by atoms with Gasteiger partial charge in [0.2, 0.25) is 5.91 Å². The van der Waals surface area contributed by atoms with Crippen LogP contribution < -0.4 is 5.32 Å². The number of sulfone groups is 1. The highest BCUT2D eigenvalue weighted by atomic mass is 35.5. The van der Waals surface area contributed by atoms with Crippen molar-refractivity contribution in [2.45, 2.75) is 23.8 Å². The predicted molar refractivity (Wildman–Crippen MR) is 69.3 cm³/mol. The van der Waals surface area contributed by atoms with Crippen molar-refractivity contribution >= 4 is 27.3 Å². The normalized spacial score (nSPS) is 21.7. The van der Waals surface area contributed by atoms with E-state index >= 15 is 0 Å². The zero-order valence-electron chi connectivity index (χ0n) is 9.73. The highest BCUT2D eigenvalue weighted by molar-refractivity contribution is 7.91. The average molecular weight is 288 g/mol. The molecule has 1 atom stereocenters. The van der Waals surface area contributed by atoms with Crippen LogP contribution in [0, 0.1) is 0 Å². The van der Waals surface area contributed by atoms with Crippen molar-refractivity contribution in [1.29, 1.82) is 0 Å². The Kier molecular flexibility index (Phi) is 3.92. The van der Waals surface area contributed by atoms with Gasteiger partial charge >= 0.3 is 0 Å². The summed E-state index contributed by atoms with van der Waals surface area (Å²) in [7, 11) is -3.24. The van der Waals surface area contributed by atoms with Gasteiger partial charge < -0.3 is 5.32 Å². The summed E-state index contributed by atoms with van der Waals surface area (Å²) in [5, 5.41) is 2.77. The smallest absolute Gasteiger partial charge is 0.235 e. The number of carbonyl (C=O) groups is 1. The van der Waals surface area contributed by atoms with Gasteiger partial charge in [0.05, 0.1) is 16.7 Å². The maximum atomic E-state index is 12.1. The molecule has 1 unspecified atom stereocenters. The molecule has 0 spiro atoms. The molecule has 0 saturated heterocycles. The first-order valence-corrected chi connectivity index (χ1v) is 7.90. The van der Waals surface area contributed by atoms with Crippen LogP contribution in [-0.2, 0) is 14.6 Å². The summed E-state index contributed by atoms with van der Waals surface area (Å²) >= 11 is 5.46. The Labute approximate surface area is 111 Å². The topological polar surface area (TPSA) is 63.2 Å². The Morgan fingerprint density at radius 2 is 2.11 bits per heavy atom. The molecule has 6 heteroatoms. The third-order valence-electron chi connectivity index (χ3n) is 2.99. The van der Waals surface area contributed by atoms with Crippen LogP contribution in [0.25, 0.3) is 0 Å². The molecule has 98 valence electrons. The third-order valence-corrected chi connectivity index (χ3v) is 5.10. The molecule has 1 aliphatic heterocycles. The van der Waals surface area contributed by atoms with Crippen molar-refractivity contribution in [2.24, 2.45) is 0 Å². The first kappa shape index (κ1) is 13.4. The lowest BCUT2D eigenvalue weighted by Gasteiger charge is -2.18. The number of alkyl halides is 1. The van der Waals surface area contributed by atoms with E-state index in [0.29, 0.717) is 23.3 Å². The van der Waals surface area contributed by atoms with E-state index in [-0.39, 0.29) is 23.6 Å². The minimum absolute atomic E-state index is 0.120. The fourth-order valence-electron chi connectivity index (χ4n) is 2.18. The minimum atomic E-state index is -3.24. The number of fused-ring (bicyclic) bond motifs is 1. The molecule has 0 aromatic heterocycles. The van der Waals surface area contributed by atoms with Gasteiger partial charge in [-0.25, -0.2) is 8.42 Å². The van der Waals surface area contributed by atoms with Crippen LogP contribution in [0.3, 0.4) is 0 Å². The highest BCUT2D eigenvalue weighted by Gasteiger charge is 2.27. The number of hydrogen-bond acceptors (Lipinski definition) is 3. The third kappa shape index (κ3) is 2.67. The van der Waals surface area contributed by atoms with E-state index in [1.807, 2.05) is 0 Å². The number of rotatable bonds is 2. The van der Waals surface area contributed by atoms with Crippen molar-refractivity contribution in [3.63, 3.8) is 0 Å². The average Bonchev–Trinajstić information content (AvgIpc) is 2.48. The number of benzene rings is 1. The van der Waals surface area contributed by atoms with Gasteiger partial charge in [0, 0.05) is 0 Å². The second-order valence-electron chi connectivity index (χ2n) is 4.25. The summed E-state index contributed by atoms with van der Waals surface area (Å²) in [5.41, 5.74) is 0.661. The monoisotopic (exact) mass is 287 g/mol. The molecule has 2 rings (SSSR count). The van der Waals surface area contributed by atoms with Gasteiger partial charge in [0.15, 0.2) is 9.84 Å². The lowest BCUT2D eigenvalue weighted by atomic mass is 10.0. The zero-order valence-corrected chi connectivity index (χ0v) is 11.3. The maximum absolute atomic E-state index is 12.1. The van der Waals surface area contributed by atoms with Crippen LogP contribution in [0.5, 0.6) is 0 Å². The summed E-state index contributed by atoms with van der Waals surface area (Å²) < 4.78 is 24.1. The predicted octanol–water partition coefficient (Wildman–Crippen LogP) is 1.65. The van der Waals surface area contributed by atoms with Crippen molar-refractivity contribution in [3.8, 4) is 0 Å². The summed E-state index contributed by atoms with van der Waals surface area (Å²) in [6.45, 7) is 0. The molecular formula is C12H14ClNO3S.